The predicted molar refractivity (Wildman–Crippen MR) is 68.0 cm³/mol. The lowest BCUT2D eigenvalue weighted by atomic mass is 9.98. The third-order valence-electron chi connectivity index (χ3n) is 3.50. The summed E-state index contributed by atoms with van der Waals surface area (Å²) in [5.74, 6) is 0.836. The molecule has 18 heavy (non-hydrogen) atoms. The average Bonchev–Trinajstić information content (AvgIpc) is 2.39. The molecule has 3 nitrogen and oxygen atoms in total. The molecule has 0 radical (unpaired) electrons. The predicted octanol–water partition coefficient (Wildman–Crippen LogP) is 2.04. The van der Waals surface area contributed by atoms with Crippen LogP contribution in [-0.4, -0.2) is 36.8 Å². The van der Waals surface area contributed by atoms with Gasteiger partial charge in [0.15, 0.2) is 0 Å². The molecule has 0 bridgehead atoms. The molecule has 0 amide bonds. The quantitative estimate of drug-likeness (QED) is 0.891. The molecule has 1 atom stereocenters. The van der Waals surface area contributed by atoms with Gasteiger partial charge in [0.2, 0.25) is 0 Å². The van der Waals surface area contributed by atoms with E-state index in [0.29, 0.717) is 12.5 Å². The zero-order valence-corrected chi connectivity index (χ0v) is 10.7. The Morgan fingerprint density at radius 3 is 3.06 bits per heavy atom. The van der Waals surface area contributed by atoms with E-state index < -0.39 is 0 Å². The monoisotopic (exact) mass is 253 g/mol. The molecular formula is C14H20FNO2. The molecule has 4 heteroatoms. The molecule has 1 unspecified atom stereocenters. The Labute approximate surface area is 107 Å². The van der Waals surface area contributed by atoms with Gasteiger partial charge >= 0.3 is 0 Å². The molecule has 1 aliphatic rings. The van der Waals surface area contributed by atoms with Crippen LogP contribution >= 0.6 is 0 Å². The molecule has 0 spiro atoms. The van der Waals surface area contributed by atoms with Crippen molar-refractivity contribution in [2.75, 3.05) is 26.8 Å². The van der Waals surface area contributed by atoms with Crippen molar-refractivity contribution in [2.24, 2.45) is 5.92 Å². The van der Waals surface area contributed by atoms with Crippen molar-refractivity contribution in [3.8, 4) is 5.75 Å². The number of aliphatic hydroxyl groups excluding tert-OH is 1. The van der Waals surface area contributed by atoms with Gasteiger partial charge < -0.3 is 9.84 Å². The first-order valence-corrected chi connectivity index (χ1v) is 6.38. The first kappa shape index (κ1) is 13.3. The number of ether oxygens (including phenoxy) is 1. The van der Waals surface area contributed by atoms with Gasteiger partial charge in [0.25, 0.3) is 0 Å². The van der Waals surface area contributed by atoms with Gasteiger partial charge in [0.05, 0.1) is 7.11 Å². The highest BCUT2D eigenvalue weighted by Crippen LogP contribution is 2.24. The van der Waals surface area contributed by atoms with Crippen LogP contribution in [0.4, 0.5) is 4.39 Å². The van der Waals surface area contributed by atoms with Crippen molar-refractivity contribution in [2.45, 2.75) is 19.4 Å². The Morgan fingerprint density at radius 2 is 2.33 bits per heavy atom. The van der Waals surface area contributed by atoms with Crippen molar-refractivity contribution in [1.82, 2.24) is 4.90 Å². The van der Waals surface area contributed by atoms with Gasteiger partial charge in [0.1, 0.15) is 11.6 Å². The highest BCUT2D eigenvalue weighted by molar-refractivity contribution is 5.33. The number of piperidine rings is 1. The largest absolute Gasteiger partial charge is 0.496 e. The third-order valence-corrected chi connectivity index (χ3v) is 3.50. The van der Waals surface area contributed by atoms with Crippen LogP contribution in [0.2, 0.25) is 0 Å². The number of benzene rings is 1. The molecular weight excluding hydrogens is 233 g/mol. The number of nitrogens with zero attached hydrogens (tertiary/aromatic N) is 1. The Balaban J connectivity index is 2.06. The van der Waals surface area contributed by atoms with E-state index >= 15 is 0 Å². The fourth-order valence-corrected chi connectivity index (χ4v) is 2.56. The molecule has 1 N–H and O–H groups in total. The number of methoxy groups -OCH3 is 1. The number of hydrogen-bond acceptors (Lipinski definition) is 3. The molecule has 1 aromatic carbocycles. The number of aliphatic hydroxyl groups is 1. The van der Waals surface area contributed by atoms with E-state index in [-0.39, 0.29) is 12.4 Å². The standard InChI is InChI=1S/C14H20FNO2/c1-18-14-5-4-13(15)7-12(14)9-16-6-2-3-11(8-16)10-17/h4-5,7,11,17H,2-3,6,8-10H2,1H3. The van der Waals surface area contributed by atoms with E-state index in [1.165, 1.54) is 12.1 Å². The summed E-state index contributed by atoms with van der Waals surface area (Å²) in [5.41, 5.74) is 0.871. The topological polar surface area (TPSA) is 32.7 Å². The van der Waals surface area contributed by atoms with Crippen molar-refractivity contribution in [1.29, 1.82) is 0 Å². The van der Waals surface area contributed by atoms with Gasteiger partial charge in [0, 0.05) is 25.3 Å². The van der Waals surface area contributed by atoms with E-state index in [0.717, 1.165) is 37.2 Å². The summed E-state index contributed by atoms with van der Waals surface area (Å²) in [5, 5.41) is 9.21. The van der Waals surface area contributed by atoms with Crippen LogP contribution in [0, 0.1) is 11.7 Å². The van der Waals surface area contributed by atoms with Gasteiger partial charge in [-0.1, -0.05) is 0 Å². The number of hydrogen-bond donors (Lipinski definition) is 1. The molecule has 2 rings (SSSR count). The molecule has 1 aliphatic heterocycles. The summed E-state index contributed by atoms with van der Waals surface area (Å²) in [6, 6.07) is 4.61. The highest BCUT2D eigenvalue weighted by atomic mass is 19.1. The molecule has 0 aliphatic carbocycles. The van der Waals surface area contributed by atoms with E-state index in [1.54, 1.807) is 13.2 Å². The minimum Gasteiger partial charge on any atom is -0.496 e. The summed E-state index contributed by atoms with van der Waals surface area (Å²) in [6.45, 7) is 2.78. The fraction of sp³-hybridized carbons (Fsp3) is 0.571. The first-order valence-electron chi connectivity index (χ1n) is 6.38. The molecule has 1 aromatic rings. The maximum absolute atomic E-state index is 13.3. The molecule has 1 heterocycles. The smallest absolute Gasteiger partial charge is 0.123 e. The number of likely N-dealkylation sites (tertiary alicyclic amines) is 1. The fourth-order valence-electron chi connectivity index (χ4n) is 2.56. The van der Waals surface area contributed by atoms with Crippen LogP contribution in [-0.2, 0) is 6.54 Å². The molecule has 0 aromatic heterocycles. The lowest BCUT2D eigenvalue weighted by Crippen LogP contribution is -2.36. The Kier molecular flexibility index (Phi) is 4.55. The minimum atomic E-state index is -0.235. The second kappa shape index (κ2) is 6.16. The lowest BCUT2D eigenvalue weighted by Gasteiger charge is -2.32. The van der Waals surface area contributed by atoms with E-state index in [4.69, 9.17) is 4.74 Å². The SMILES string of the molecule is COc1ccc(F)cc1CN1CCCC(CO)C1. The Bertz CT molecular complexity index is 397. The summed E-state index contributed by atoms with van der Waals surface area (Å²) in [4.78, 5) is 2.25. The van der Waals surface area contributed by atoms with Gasteiger partial charge in [-0.05, 0) is 43.5 Å². The van der Waals surface area contributed by atoms with Crippen LogP contribution in [0.5, 0.6) is 5.75 Å². The second-order valence-electron chi connectivity index (χ2n) is 4.88. The van der Waals surface area contributed by atoms with E-state index in [9.17, 15) is 9.50 Å². The van der Waals surface area contributed by atoms with Crippen molar-refractivity contribution >= 4 is 0 Å². The maximum atomic E-state index is 13.3. The normalized spacial score (nSPS) is 20.9. The minimum absolute atomic E-state index is 0.233. The van der Waals surface area contributed by atoms with Crippen LogP contribution in [0.25, 0.3) is 0 Å². The van der Waals surface area contributed by atoms with Crippen molar-refractivity contribution in [3.63, 3.8) is 0 Å². The van der Waals surface area contributed by atoms with Gasteiger partial charge in [-0.25, -0.2) is 4.39 Å². The molecule has 1 saturated heterocycles. The van der Waals surface area contributed by atoms with Crippen LogP contribution in [0.1, 0.15) is 18.4 Å². The lowest BCUT2D eigenvalue weighted by molar-refractivity contribution is 0.115. The zero-order valence-electron chi connectivity index (χ0n) is 10.7. The van der Waals surface area contributed by atoms with Gasteiger partial charge in [-0.2, -0.15) is 0 Å². The summed E-state index contributed by atoms with van der Waals surface area (Å²) in [7, 11) is 1.60. The summed E-state index contributed by atoms with van der Waals surface area (Å²) in [6.07, 6.45) is 2.16. The molecule has 1 fully saturated rings. The van der Waals surface area contributed by atoms with Crippen LogP contribution in [0.3, 0.4) is 0 Å². The molecule has 0 saturated carbocycles. The van der Waals surface area contributed by atoms with Crippen molar-refractivity contribution in [3.05, 3.63) is 29.6 Å². The van der Waals surface area contributed by atoms with Crippen molar-refractivity contribution < 1.29 is 14.2 Å². The van der Waals surface area contributed by atoms with E-state index in [2.05, 4.69) is 4.90 Å². The summed E-state index contributed by atoms with van der Waals surface area (Å²) < 4.78 is 18.5. The number of halogens is 1. The van der Waals surface area contributed by atoms with E-state index in [1.807, 2.05) is 0 Å². The zero-order chi connectivity index (χ0) is 13.0. The Hall–Kier alpha value is -1.13. The second-order valence-corrected chi connectivity index (χ2v) is 4.88. The number of rotatable bonds is 4. The highest BCUT2D eigenvalue weighted by Gasteiger charge is 2.20. The average molecular weight is 253 g/mol. The van der Waals surface area contributed by atoms with Gasteiger partial charge in [-0.3, -0.25) is 4.90 Å². The molecule has 100 valence electrons. The third kappa shape index (κ3) is 3.21. The summed E-state index contributed by atoms with van der Waals surface area (Å²) >= 11 is 0. The van der Waals surface area contributed by atoms with Gasteiger partial charge in [-0.15, -0.1) is 0 Å². The van der Waals surface area contributed by atoms with Crippen LogP contribution in [0.15, 0.2) is 18.2 Å². The van der Waals surface area contributed by atoms with Crippen LogP contribution < -0.4 is 4.74 Å². The maximum Gasteiger partial charge on any atom is 0.123 e. The first-order chi connectivity index (χ1) is 8.72. The Morgan fingerprint density at radius 1 is 1.50 bits per heavy atom.